The molecule has 27 heavy (non-hydrogen) atoms. The molecule has 4 rings (SSSR count). The van der Waals surface area contributed by atoms with E-state index < -0.39 is 6.10 Å². The lowest BCUT2D eigenvalue weighted by Gasteiger charge is -2.33. The van der Waals surface area contributed by atoms with E-state index in [1.54, 1.807) is 0 Å². The smallest absolute Gasteiger partial charge is 0.158 e. The fourth-order valence-electron chi connectivity index (χ4n) is 3.50. The molecular weight excluding hydrogens is 364 g/mol. The predicted octanol–water partition coefficient (Wildman–Crippen LogP) is 2.33. The highest BCUT2D eigenvalue weighted by Crippen LogP contribution is 2.27. The van der Waals surface area contributed by atoms with Gasteiger partial charge in [0.1, 0.15) is 11.8 Å². The number of aryl methyl sites for hydroxylation is 1. The largest absolute Gasteiger partial charge is 0.390 e. The molecule has 1 aromatic carbocycles. The van der Waals surface area contributed by atoms with Crippen LogP contribution in [-0.2, 0) is 6.54 Å². The van der Waals surface area contributed by atoms with Crippen LogP contribution in [0.15, 0.2) is 36.8 Å². The second-order valence-electron chi connectivity index (χ2n) is 7.09. The molecule has 0 amide bonds. The third-order valence-electron chi connectivity index (χ3n) is 5.07. The van der Waals surface area contributed by atoms with Crippen molar-refractivity contribution >= 4 is 28.6 Å². The van der Waals surface area contributed by atoms with Gasteiger partial charge in [0.15, 0.2) is 5.82 Å². The van der Waals surface area contributed by atoms with E-state index >= 15 is 0 Å². The Balaban J connectivity index is 1.62. The van der Waals surface area contributed by atoms with E-state index in [1.807, 2.05) is 41.9 Å². The predicted molar refractivity (Wildman–Crippen MR) is 106 cm³/mol. The van der Waals surface area contributed by atoms with E-state index in [0.29, 0.717) is 13.1 Å². The van der Waals surface area contributed by atoms with Gasteiger partial charge in [-0.25, -0.2) is 9.50 Å². The van der Waals surface area contributed by atoms with Crippen molar-refractivity contribution in [2.24, 2.45) is 5.73 Å². The molecule has 0 unspecified atom stereocenters. The van der Waals surface area contributed by atoms with Crippen molar-refractivity contribution in [1.82, 2.24) is 19.5 Å². The van der Waals surface area contributed by atoms with Crippen LogP contribution < -0.4 is 11.1 Å². The second kappa shape index (κ2) is 7.44. The summed E-state index contributed by atoms with van der Waals surface area (Å²) in [5.41, 5.74) is 9.87. The lowest BCUT2D eigenvalue weighted by Crippen LogP contribution is -2.50. The van der Waals surface area contributed by atoms with Crippen molar-refractivity contribution in [1.29, 1.82) is 0 Å². The number of hydrogen-bond acceptors (Lipinski definition) is 6. The molecular formula is C19H23ClN6O. The first-order chi connectivity index (χ1) is 13.0. The molecule has 2 aromatic heterocycles. The fraction of sp³-hybridized carbons (Fsp3) is 0.368. The maximum Gasteiger partial charge on any atom is 0.158 e. The SMILES string of the molecule is Cc1cc(Nc2ncnn3ccc(CN4CC[C@@H](N)[C@H](O)C4)c23)ccc1Cl. The molecule has 142 valence electrons. The zero-order chi connectivity index (χ0) is 19.0. The summed E-state index contributed by atoms with van der Waals surface area (Å²) in [7, 11) is 0. The van der Waals surface area contributed by atoms with E-state index in [-0.39, 0.29) is 6.04 Å². The quantitative estimate of drug-likeness (QED) is 0.637. The van der Waals surface area contributed by atoms with Crippen molar-refractivity contribution in [3.8, 4) is 0 Å². The lowest BCUT2D eigenvalue weighted by atomic mass is 10.0. The van der Waals surface area contributed by atoms with Crippen molar-refractivity contribution in [2.75, 3.05) is 18.4 Å². The standard InChI is InChI=1S/C19H23ClN6O/c1-12-8-14(2-3-15(12)20)24-19-18-13(4-7-26(18)23-11-22-19)9-25-6-5-16(21)17(27)10-25/h2-4,7-8,11,16-17,27H,5-6,9-10,21H2,1H3,(H,22,23,24)/t16-,17-/m1/s1. The molecule has 2 atom stereocenters. The molecule has 8 heteroatoms. The molecule has 3 aromatic rings. The highest BCUT2D eigenvalue weighted by atomic mass is 35.5. The molecule has 1 aliphatic rings. The molecule has 1 saturated heterocycles. The van der Waals surface area contributed by atoms with E-state index in [9.17, 15) is 5.11 Å². The van der Waals surface area contributed by atoms with Crippen LogP contribution in [0.3, 0.4) is 0 Å². The Bertz CT molecular complexity index is 959. The lowest BCUT2D eigenvalue weighted by molar-refractivity contribution is 0.0501. The third-order valence-corrected chi connectivity index (χ3v) is 5.49. The number of halogens is 1. The zero-order valence-electron chi connectivity index (χ0n) is 15.1. The van der Waals surface area contributed by atoms with Crippen LogP contribution in [-0.4, -0.2) is 49.8 Å². The number of fused-ring (bicyclic) bond motifs is 1. The van der Waals surface area contributed by atoms with Crippen molar-refractivity contribution < 1.29 is 5.11 Å². The summed E-state index contributed by atoms with van der Waals surface area (Å²) in [5.74, 6) is 0.737. The number of rotatable bonds is 4. The molecule has 7 nitrogen and oxygen atoms in total. The molecule has 0 aliphatic carbocycles. The number of aliphatic hydroxyl groups is 1. The molecule has 0 saturated carbocycles. The van der Waals surface area contributed by atoms with Gasteiger partial charge in [0.2, 0.25) is 0 Å². The van der Waals surface area contributed by atoms with E-state index in [4.69, 9.17) is 17.3 Å². The average molecular weight is 387 g/mol. The number of anilines is 2. The van der Waals surface area contributed by atoms with Crippen molar-refractivity contribution in [3.05, 3.63) is 52.9 Å². The number of aromatic nitrogens is 3. The highest BCUT2D eigenvalue weighted by molar-refractivity contribution is 6.31. The Kier molecular flexibility index (Phi) is 5.01. The minimum Gasteiger partial charge on any atom is -0.390 e. The number of β-amino-alcohol motifs (C(OH)–C–C–N with tert-alkyl or cyclic N) is 1. The first kappa shape index (κ1) is 18.2. The Hall–Kier alpha value is -2.19. The number of aliphatic hydroxyl groups excluding tert-OH is 1. The van der Waals surface area contributed by atoms with Crippen LogP contribution in [0.4, 0.5) is 11.5 Å². The molecule has 4 N–H and O–H groups in total. The summed E-state index contributed by atoms with van der Waals surface area (Å²) in [6, 6.07) is 7.70. The maximum atomic E-state index is 10.1. The second-order valence-corrected chi connectivity index (χ2v) is 7.49. The van der Waals surface area contributed by atoms with Gasteiger partial charge in [-0.05, 0) is 48.7 Å². The Morgan fingerprint density at radius 3 is 3.00 bits per heavy atom. The summed E-state index contributed by atoms with van der Waals surface area (Å²) in [6.45, 7) is 4.12. The number of benzene rings is 1. The molecule has 0 bridgehead atoms. The van der Waals surface area contributed by atoms with Gasteiger partial charge >= 0.3 is 0 Å². The van der Waals surface area contributed by atoms with Gasteiger partial charge in [-0.15, -0.1) is 0 Å². The van der Waals surface area contributed by atoms with Gasteiger partial charge < -0.3 is 16.2 Å². The topological polar surface area (TPSA) is 91.7 Å². The number of piperidine rings is 1. The van der Waals surface area contributed by atoms with Gasteiger partial charge in [0.05, 0.1) is 6.10 Å². The van der Waals surface area contributed by atoms with Crippen LogP contribution >= 0.6 is 11.6 Å². The first-order valence-electron chi connectivity index (χ1n) is 9.01. The molecule has 3 heterocycles. The monoisotopic (exact) mass is 386 g/mol. The van der Waals surface area contributed by atoms with Crippen LogP contribution in [0.5, 0.6) is 0 Å². The van der Waals surface area contributed by atoms with Crippen LogP contribution in [0.25, 0.3) is 5.52 Å². The van der Waals surface area contributed by atoms with Crippen molar-refractivity contribution in [2.45, 2.75) is 32.0 Å². The van der Waals surface area contributed by atoms with Gasteiger partial charge in [-0.3, -0.25) is 4.90 Å². The van der Waals surface area contributed by atoms with Gasteiger partial charge in [-0.2, -0.15) is 5.10 Å². The van der Waals surface area contributed by atoms with Gasteiger partial charge in [0, 0.05) is 42.6 Å². The minimum atomic E-state index is -0.487. The zero-order valence-corrected chi connectivity index (χ0v) is 15.9. The number of nitrogens with one attached hydrogen (secondary N) is 1. The van der Waals surface area contributed by atoms with Crippen LogP contribution in [0.1, 0.15) is 17.5 Å². The molecule has 0 radical (unpaired) electrons. The summed E-state index contributed by atoms with van der Waals surface area (Å²) >= 11 is 6.12. The summed E-state index contributed by atoms with van der Waals surface area (Å²) in [5, 5.41) is 18.5. The number of nitrogens with zero attached hydrogens (tertiary/aromatic N) is 4. The Morgan fingerprint density at radius 1 is 1.37 bits per heavy atom. The number of likely N-dealkylation sites (tertiary alicyclic amines) is 1. The fourth-order valence-corrected chi connectivity index (χ4v) is 3.61. The summed E-state index contributed by atoms with van der Waals surface area (Å²) < 4.78 is 1.82. The molecule has 1 fully saturated rings. The van der Waals surface area contributed by atoms with E-state index in [1.165, 1.54) is 6.33 Å². The summed E-state index contributed by atoms with van der Waals surface area (Å²) in [4.78, 5) is 6.66. The molecule has 0 spiro atoms. The van der Waals surface area contributed by atoms with Gasteiger partial charge in [-0.1, -0.05) is 11.6 Å². The van der Waals surface area contributed by atoms with Crippen LogP contribution in [0.2, 0.25) is 5.02 Å². The maximum absolute atomic E-state index is 10.1. The third kappa shape index (κ3) is 3.77. The van der Waals surface area contributed by atoms with E-state index in [0.717, 1.165) is 46.1 Å². The number of nitrogens with two attached hydrogens (primary N) is 1. The Labute approximate surface area is 162 Å². The molecule has 1 aliphatic heterocycles. The van der Waals surface area contributed by atoms with Crippen molar-refractivity contribution in [3.63, 3.8) is 0 Å². The number of hydrogen-bond donors (Lipinski definition) is 3. The first-order valence-corrected chi connectivity index (χ1v) is 9.39. The summed E-state index contributed by atoms with van der Waals surface area (Å²) in [6.07, 6.45) is 3.76. The normalized spacial score (nSPS) is 20.9. The van der Waals surface area contributed by atoms with Crippen LogP contribution in [0, 0.1) is 6.92 Å². The van der Waals surface area contributed by atoms with E-state index in [2.05, 4.69) is 20.3 Å². The van der Waals surface area contributed by atoms with Gasteiger partial charge in [0.25, 0.3) is 0 Å². The Morgan fingerprint density at radius 2 is 2.22 bits per heavy atom. The highest BCUT2D eigenvalue weighted by Gasteiger charge is 2.25. The minimum absolute atomic E-state index is 0.138. The average Bonchev–Trinajstić information content (AvgIpc) is 3.05.